The Morgan fingerprint density at radius 1 is 0.943 bits per heavy atom. The number of carbonyl (C=O) groups excluding carboxylic acids is 2. The zero-order valence-electron chi connectivity index (χ0n) is 20.5. The molecule has 2 N–H and O–H groups in total. The van der Waals surface area contributed by atoms with E-state index in [1.54, 1.807) is 30.9 Å². The minimum absolute atomic E-state index is 0.108. The van der Waals surface area contributed by atoms with Gasteiger partial charge in [0.25, 0.3) is 0 Å². The second-order valence-electron chi connectivity index (χ2n) is 9.23. The lowest BCUT2D eigenvalue weighted by molar-refractivity contribution is -0.121. The maximum Gasteiger partial charge on any atom is 0.405 e. The molecule has 0 spiro atoms. The van der Waals surface area contributed by atoms with Crippen LogP contribution in [-0.2, 0) is 22.4 Å². The van der Waals surface area contributed by atoms with Gasteiger partial charge in [0.15, 0.2) is 0 Å². The summed E-state index contributed by atoms with van der Waals surface area (Å²) in [6.07, 6.45) is 0.843. The number of rotatable bonds is 10. The topological polar surface area (TPSA) is 72.6 Å². The first-order valence-electron chi connectivity index (χ1n) is 11.9. The van der Waals surface area contributed by atoms with E-state index >= 15 is 0 Å². The van der Waals surface area contributed by atoms with Crippen LogP contribution in [0.5, 0.6) is 0 Å². The van der Waals surface area contributed by atoms with Crippen LogP contribution in [0.25, 0.3) is 0 Å². The SMILES string of the molecule is CCc1ccc(N(CCc2ccc(F)cc2)C(=O)[C@@H](CC(C)(C)OC(N)=O)c2ccccc2)cc1. The van der Waals surface area contributed by atoms with Crippen molar-refractivity contribution in [2.24, 2.45) is 5.73 Å². The monoisotopic (exact) mass is 476 g/mol. The number of aryl methyl sites for hydroxylation is 1. The summed E-state index contributed by atoms with van der Waals surface area (Å²) < 4.78 is 18.7. The Hall–Kier alpha value is -3.67. The average Bonchev–Trinajstić information content (AvgIpc) is 2.84. The van der Waals surface area contributed by atoms with Crippen LogP contribution in [0, 0.1) is 5.82 Å². The Kier molecular flexibility index (Phi) is 8.63. The van der Waals surface area contributed by atoms with E-state index in [0.717, 1.165) is 23.2 Å². The normalized spacial score (nSPS) is 12.1. The summed E-state index contributed by atoms with van der Waals surface area (Å²) >= 11 is 0. The van der Waals surface area contributed by atoms with E-state index in [0.29, 0.717) is 13.0 Å². The van der Waals surface area contributed by atoms with Gasteiger partial charge >= 0.3 is 6.09 Å². The average molecular weight is 477 g/mol. The molecule has 35 heavy (non-hydrogen) atoms. The van der Waals surface area contributed by atoms with Crippen molar-refractivity contribution in [2.45, 2.75) is 51.6 Å². The highest BCUT2D eigenvalue weighted by Gasteiger charge is 2.34. The highest BCUT2D eigenvalue weighted by molar-refractivity contribution is 5.98. The van der Waals surface area contributed by atoms with Gasteiger partial charge in [0.2, 0.25) is 5.91 Å². The number of carbonyl (C=O) groups is 2. The van der Waals surface area contributed by atoms with E-state index in [9.17, 15) is 14.0 Å². The van der Waals surface area contributed by atoms with Gasteiger partial charge in [-0.2, -0.15) is 0 Å². The fourth-order valence-electron chi connectivity index (χ4n) is 4.20. The van der Waals surface area contributed by atoms with Crippen molar-refractivity contribution in [3.8, 4) is 0 Å². The quantitative estimate of drug-likeness (QED) is 0.389. The second kappa shape index (κ2) is 11.6. The summed E-state index contributed by atoms with van der Waals surface area (Å²) in [5.74, 6) is -0.967. The highest BCUT2D eigenvalue weighted by Crippen LogP contribution is 2.32. The molecule has 0 aliphatic heterocycles. The van der Waals surface area contributed by atoms with E-state index in [1.165, 1.54) is 17.7 Å². The second-order valence-corrected chi connectivity index (χ2v) is 9.23. The van der Waals surface area contributed by atoms with E-state index in [1.807, 2.05) is 54.6 Å². The fraction of sp³-hybridized carbons (Fsp3) is 0.310. The minimum Gasteiger partial charge on any atom is -0.444 e. The van der Waals surface area contributed by atoms with Crippen molar-refractivity contribution in [1.29, 1.82) is 0 Å². The van der Waals surface area contributed by atoms with Crippen LogP contribution in [0.2, 0.25) is 0 Å². The van der Waals surface area contributed by atoms with Gasteiger partial charge in [-0.15, -0.1) is 0 Å². The number of anilines is 1. The summed E-state index contributed by atoms with van der Waals surface area (Å²) in [6, 6.07) is 23.7. The molecular formula is C29H33FN2O3. The molecule has 0 saturated carbocycles. The highest BCUT2D eigenvalue weighted by atomic mass is 19.1. The van der Waals surface area contributed by atoms with Gasteiger partial charge in [0.05, 0.1) is 5.92 Å². The number of hydrogen-bond donors (Lipinski definition) is 1. The number of ether oxygens (including phenoxy) is 1. The molecule has 0 aliphatic carbocycles. The third-order valence-electron chi connectivity index (χ3n) is 6.03. The van der Waals surface area contributed by atoms with Gasteiger partial charge in [0, 0.05) is 18.7 Å². The van der Waals surface area contributed by atoms with Crippen molar-refractivity contribution < 1.29 is 18.7 Å². The number of amides is 2. The summed E-state index contributed by atoms with van der Waals surface area (Å²) in [5, 5.41) is 0. The van der Waals surface area contributed by atoms with Gasteiger partial charge in [-0.3, -0.25) is 4.79 Å². The smallest absolute Gasteiger partial charge is 0.405 e. The third-order valence-corrected chi connectivity index (χ3v) is 6.03. The molecule has 0 fully saturated rings. The number of halogens is 1. The zero-order chi connectivity index (χ0) is 25.4. The van der Waals surface area contributed by atoms with Crippen LogP contribution in [0.3, 0.4) is 0 Å². The van der Waals surface area contributed by atoms with Crippen LogP contribution in [0.1, 0.15) is 49.8 Å². The maximum atomic E-state index is 14.1. The molecule has 0 aromatic heterocycles. The van der Waals surface area contributed by atoms with Gasteiger partial charge < -0.3 is 15.4 Å². The fourth-order valence-corrected chi connectivity index (χ4v) is 4.20. The van der Waals surface area contributed by atoms with Crippen molar-refractivity contribution in [3.63, 3.8) is 0 Å². The predicted molar refractivity (Wildman–Crippen MR) is 137 cm³/mol. The first-order chi connectivity index (χ1) is 16.7. The lowest BCUT2D eigenvalue weighted by Gasteiger charge is -2.33. The zero-order valence-corrected chi connectivity index (χ0v) is 20.5. The van der Waals surface area contributed by atoms with Crippen LogP contribution in [0.15, 0.2) is 78.9 Å². The number of benzene rings is 3. The Morgan fingerprint density at radius 3 is 2.11 bits per heavy atom. The van der Waals surface area contributed by atoms with Gasteiger partial charge in [-0.25, -0.2) is 9.18 Å². The molecule has 3 rings (SSSR count). The standard InChI is InChI=1S/C29H33FN2O3/c1-4-21-12-16-25(17-13-21)32(19-18-22-10-14-24(30)15-11-22)27(33)26(23-8-6-5-7-9-23)20-29(2,3)35-28(31)34/h5-17,26H,4,18-20H2,1-3H3,(H2,31,34)/t26-/m0/s1. The van der Waals surface area contributed by atoms with E-state index < -0.39 is 17.6 Å². The Bertz CT molecular complexity index is 1110. The van der Waals surface area contributed by atoms with E-state index in [4.69, 9.17) is 10.5 Å². The van der Waals surface area contributed by atoms with Crippen LogP contribution < -0.4 is 10.6 Å². The van der Waals surface area contributed by atoms with Gasteiger partial charge in [0.1, 0.15) is 11.4 Å². The minimum atomic E-state index is -0.948. The molecule has 0 radical (unpaired) electrons. The lowest BCUT2D eigenvalue weighted by Crippen LogP contribution is -2.41. The number of nitrogens with zero attached hydrogens (tertiary/aromatic N) is 1. The molecular weight excluding hydrogens is 443 g/mol. The molecule has 3 aromatic carbocycles. The molecule has 184 valence electrons. The van der Waals surface area contributed by atoms with Crippen molar-refractivity contribution >= 4 is 17.7 Å². The molecule has 0 saturated heterocycles. The number of nitrogens with two attached hydrogens (primary N) is 1. The molecule has 0 aliphatic rings. The molecule has 0 heterocycles. The van der Waals surface area contributed by atoms with Gasteiger partial charge in [-0.05, 0) is 67.6 Å². The first-order valence-corrected chi connectivity index (χ1v) is 11.9. The molecule has 3 aromatic rings. The summed E-state index contributed by atoms with van der Waals surface area (Å²) in [5.41, 5.74) is 8.06. The van der Waals surface area contributed by atoms with Crippen molar-refractivity contribution in [1.82, 2.24) is 0 Å². The third kappa shape index (κ3) is 7.41. The molecule has 2 amide bonds. The molecule has 0 unspecified atom stereocenters. The Balaban J connectivity index is 1.96. The maximum absolute atomic E-state index is 14.1. The first kappa shape index (κ1) is 25.9. The van der Waals surface area contributed by atoms with Crippen molar-refractivity contribution in [2.75, 3.05) is 11.4 Å². The number of primary amides is 1. The Morgan fingerprint density at radius 2 is 1.54 bits per heavy atom. The summed E-state index contributed by atoms with van der Waals surface area (Å²) in [4.78, 5) is 27.4. The molecule has 6 heteroatoms. The van der Waals surface area contributed by atoms with Crippen LogP contribution >= 0.6 is 0 Å². The van der Waals surface area contributed by atoms with Crippen molar-refractivity contribution in [3.05, 3.63) is 101 Å². The summed E-state index contributed by atoms with van der Waals surface area (Å²) in [7, 11) is 0. The molecule has 0 bridgehead atoms. The molecule has 5 nitrogen and oxygen atoms in total. The molecule has 1 atom stereocenters. The lowest BCUT2D eigenvalue weighted by atomic mass is 9.86. The number of hydrogen-bond acceptors (Lipinski definition) is 3. The van der Waals surface area contributed by atoms with Crippen LogP contribution in [-0.4, -0.2) is 24.1 Å². The van der Waals surface area contributed by atoms with E-state index in [2.05, 4.69) is 6.92 Å². The predicted octanol–water partition coefficient (Wildman–Crippen LogP) is 6.01. The largest absolute Gasteiger partial charge is 0.444 e. The summed E-state index contributed by atoms with van der Waals surface area (Å²) in [6.45, 7) is 5.99. The van der Waals surface area contributed by atoms with E-state index in [-0.39, 0.29) is 18.1 Å². The Labute approximate surface area is 206 Å². The van der Waals surface area contributed by atoms with Crippen LogP contribution in [0.4, 0.5) is 14.9 Å². The van der Waals surface area contributed by atoms with Gasteiger partial charge in [-0.1, -0.05) is 61.5 Å².